The van der Waals surface area contributed by atoms with E-state index in [9.17, 15) is 8.42 Å². The van der Waals surface area contributed by atoms with Crippen molar-refractivity contribution in [1.82, 2.24) is 10.6 Å². The van der Waals surface area contributed by atoms with Gasteiger partial charge in [-0.15, -0.1) is 0 Å². The lowest BCUT2D eigenvalue weighted by atomic mass is 10.1. The summed E-state index contributed by atoms with van der Waals surface area (Å²) in [7, 11) is 0.527. The maximum Gasteiger partial charge on any atom is 0.190 e. The van der Waals surface area contributed by atoms with Gasteiger partial charge in [0.05, 0.1) is 25.2 Å². The summed E-state index contributed by atoms with van der Waals surface area (Å²) in [4.78, 5) is 4.20. The summed E-state index contributed by atoms with van der Waals surface area (Å²) in [6, 6.07) is 6.01. The van der Waals surface area contributed by atoms with Crippen molar-refractivity contribution < 1.29 is 17.9 Å². The predicted molar refractivity (Wildman–Crippen MR) is 109 cm³/mol. The highest BCUT2D eigenvalue weighted by molar-refractivity contribution is 7.91. The SMILES string of the molecule is CCOc1cc(CCCNC(=NC)NCC2CCS(=O)(=O)C2)ccc1OC. The Labute approximate surface area is 162 Å². The summed E-state index contributed by atoms with van der Waals surface area (Å²) in [5.74, 6) is 2.98. The van der Waals surface area contributed by atoms with Gasteiger partial charge in [0.1, 0.15) is 0 Å². The van der Waals surface area contributed by atoms with Gasteiger partial charge in [0, 0.05) is 20.1 Å². The normalized spacial score (nSPS) is 18.9. The zero-order valence-corrected chi connectivity index (χ0v) is 17.3. The molecule has 0 radical (unpaired) electrons. The molecule has 1 aromatic rings. The second-order valence-corrected chi connectivity index (χ2v) is 8.90. The van der Waals surface area contributed by atoms with Crippen LogP contribution in [0, 0.1) is 5.92 Å². The number of rotatable bonds is 9. The van der Waals surface area contributed by atoms with Gasteiger partial charge >= 0.3 is 0 Å². The number of sulfone groups is 1. The Hall–Kier alpha value is -1.96. The third kappa shape index (κ3) is 6.93. The lowest BCUT2D eigenvalue weighted by Gasteiger charge is -2.15. The van der Waals surface area contributed by atoms with Crippen LogP contribution in [0.15, 0.2) is 23.2 Å². The van der Waals surface area contributed by atoms with E-state index >= 15 is 0 Å². The minimum Gasteiger partial charge on any atom is -0.493 e. The number of aliphatic imine (C=N–C) groups is 1. The summed E-state index contributed by atoms with van der Waals surface area (Å²) >= 11 is 0. The molecule has 1 fully saturated rings. The largest absolute Gasteiger partial charge is 0.493 e. The highest BCUT2D eigenvalue weighted by atomic mass is 32.2. The molecule has 0 saturated carbocycles. The number of benzene rings is 1. The van der Waals surface area contributed by atoms with Crippen molar-refractivity contribution in [2.45, 2.75) is 26.2 Å². The van der Waals surface area contributed by atoms with Crippen LogP contribution in [0.1, 0.15) is 25.3 Å². The number of aryl methyl sites for hydroxylation is 1. The van der Waals surface area contributed by atoms with Crippen molar-refractivity contribution in [1.29, 1.82) is 0 Å². The molecule has 0 spiro atoms. The van der Waals surface area contributed by atoms with Crippen LogP contribution in [0.25, 0.3) is 0 Å². The van der Waals surface area contributed by atoms with Gasteiger partial charge in [0.15, 0.2) is 27.3 Å². The maximum atomic E-state index is 11.5. The molecule has 7 nitrogen and oxygen atoms in total. The van der Waals surface area contributed by atoms with Gasteiger partial charge in [-0.05, 0) is 49.8 Å². The van der Waals surface area contributed by atoms with Crippen LogP contribution < -0.4 is 20.1 Å². The van der Waals surface area contributed by atoms with E-state index in [2.05, 4.69) is 21.7 Å². The van der Waals surface area contributed by atoms with Gasteiger partial charge in [-0.3, -0.25) is 4.99 Å². The lowest BCUT2D eigenvalue weighted by Crippen LogP contribution is -2.40. The number of nitrogens with zero attached hydrogens (tertiary/aromatic N) is 1. The molecule has 27 heavy (non-hydrogen) atoms. The molecule has 1 saturated heterocycles. The van der Waals surface area contributed by atoms with E-state index in [1.807, 2.05) is 19.1 Å². The smallest absolute Gasteiger partial charge is 0.190 e. The van der Waals surface area contributed by atoms with E-state index in [-0.39, 0.29) is 11.7 Å². The molecule has 1 heterocycles. The van der Waals surface area contributed by atoms with Gasteiger partial charge in [0.25, 0.3) is 0 Å². The summed E-state index contributed by atoms with van der Waals surface area (Å²) < 4.78 is 34.0. The molecule has 1 aliphatic heterocycles. The molecule has 0 bridgehead atoms. The summed E-state index contributed by atoms with van der Waals surface area (Å²) in [6.45, 7) is 3.97. The van der Waals surface area contributed by atoms with Crippen molar-refractivity contribution in [2.24, 2.45) is 10.9 Å². The molecule has 0 aliphatic carbocycles. The van der Waals surface area contributed by atoms with Crippen LogP contribution in [-0.2, 0) is 16.3 Å². The van der Waals surface area contributed by atoms with Gasteiger partial charge in [-0.25, -0.2) is 8.42 Å². The number of guanidine groups is 1. The van der Waals surface area contributed by atoms with E-state index in [1.54, 1.807) is 14.2 Å². The molecule has 1 atom stereocenters. The Morgan fingerprint density at radius 3 is 2.74 bits per heavy atom. The zero-order chi connectivity index (χ0) is 19.7. The number of methoxy groups -OCH3 is 1. The highest BCUT2D eigenvalue weighted by Crippen LogP contribution is 2.28. The van der Waals surface area contributed by atoms with Gasteiger partial charge < -0.3 is 20.1 Å². The van der Waals surface area contributed by atoms with Crippen molar-refractivity contribution in [3.05, 3.63) is 23.8 Å². The highest BCUT2D eigenvalue weighted by Gasteiger charge is 2.27. The van der Waals surface area contributed by atoms with Gasteiger partial charge in [-0.1, -0.05) is 6.07 Å². The van der Waals surface area contributed by atoms with Crippen LogP contribution in [-0.4, -0.2) is 59.7 Å². The quantitative estimate of drug-likeness (QED) is 0.374. The molecule has 152 valence electrons. The molecule has 1 unspecified atom stereocenters. The van der Waals surface area contributed by atoms with Crippen LogP contribution in [0.5, 0.6) is 11.5 Å². The number of nitrogens with one attached hydrogen (secondary N) is 2. The van der Waals surface area contributed by atoms with Crippen molar-refractivity contribution in [2.75, 3.05) is 45.4 Å². The van der Waals surface area contributed by atoms with E-state index < -0.39 is 9.84 Å². The average molecular weight is 398 g/mol. The Balaban J connectivity index is 1.72. The first-order valence-electron chi connectivity index (χ1n) is 9.42. The first kappa shape index (κ1) is 21.3. The summed E-state index contributed by atoms with van der Waals surface area (Å²) in [5, 5.41) is 6.51. The third-order valence-electron chi connectivity index (χ3n) is 4.57. The van der Waals surface area contributed by atoms with Crippen LogP contribution >= 0.6 is 0 Å². The second-order valence-electron chi connectivity index (χ2n) is 6.67. The van der Waals surface area contributed by atoms with Crippen molar-refractivity contribution >= 4 is 15.8 Å². The van der Waals surface area contributed by atoms with Gasteiger partial charge in [-0.2, -0.15) is 0 Å². The van der Waals surface area contributed by atoms with Crippen LogP contribution in [0.4, 0.5) is 0 Å². The fraction of sp³-hybridized carbons (Fsp3) is 0.632. The molecule has 2 N–H and O–H groups in total. The number of ether oxygens (including phenoxy) is 2. The molecule has 2 rings (SSSR count). The first-order chi connectivity index (χ1) is 13.0. The van der Waals surface area contributed by atoms with E-state index in [0.29, 0.717) is 24.9 Å². The topological polar surface area (TPSA) is 89.0 Å². The molecular formula is C19H31N3O4S. The molecule has 1 aliphatic rings. The first-order valence-corrected chi connectivity index (χ1v) is 11.2. The Kier molecular flexibility index (Phi) is 8.22. The van der Waals surface area contributed by atoms with E-state index in [4.69, 9.17) is 9.47 Å². The fourth-order valence-electron chi connectivity index (χ4n) is 3.14. The van der Waals surface area contributed by atoms with E-state index in [0.717, 1.165) is 37.3 Å². The second kappa shape index (κ2) is 10.4. The standard InChI is InChI=1S/C19H31N3O4S/c1-4-26-18-12-15(7-8-17(18)25-3)6-5-10-21-19(20-2)22-13-16-9-11-27(23,24)14-16/h7-8,12,16H,4-6,9-11,13-14H2,1-3H3,(H2,20,21,22). The maximum absolute atomic E-state index is 11.5. The van der Waals surface area contributed by atoms with Gasteiger partial charge in [0.2, 0.25) is 0 Å². The van der Waals surface area contributed by atoms with Crippen LogP contribution in [0.3, 0.4) is 0 Å². The van der Waals surface area contributed by atoms with Crippen molar-refractivity contribution in [3.63, 3.8) is 0 Å². The Morgan fingerprint density at radius 2 is 2.11 bits per heavy atom. The van der Waals surface area contributed by atoms with Crippen molar-refractivity contribution in [3.8, 4) is 11.5 Å². The Bertz CT molecular complexity index is 734. The van der Waals surface area contributed by atoms with Crippen LogP contribution in [0.2, 0.25) is 0 Å². The third-order valence-corrected chi connectivity index (χ3v) is 6.41. The number of hydrogen-bond acceptors (Lipinski definition) is 5. The fourth-order valence-corrected chi connectivity index (χ4v) is 5.00. The lowest BCUT2D eigenvalue weighted by molar-refractivity contribution is 0.310. The molecule has 0 amide bonds. The minimum absolute atomic E-state index is 0.171. The predicted octanol–water partition coefficient (Wildman–Crippen LogP) is 1.63. The molecule has 1 aromatic carbocycles. The Morgan fingerprint density at radius 1 is 1.30 bits per heavy atom. The monoisotopic (exact) mass is 397 g/mol. The minimum atomic E-state index is -2.83. The molecule has 0 aromatic heterocycles. The molecule has 8 heteroatoms. The van der Waals surface area contributed by atoms with E-state index in [1.165, 1.54) is 5.56 Å². The summed E-state index contributed by atoms with van der Waals surface area (Å²) in [6.07, 6.45) is 2.58. The summed E-state index contributed by atoms with van der Waals surface area (Å²) in [5.41, 5.74) is 1.19. The zero-order valence-electron chi connectivity index (χ0n) is 16.5. The molecular weight excluding hydrogens is 366 g/mol. The number of hydrogen-bond donors (Lipinski definition) is 2. The average Bonchev–Trinajstić information content (AvgIpc) is 3.00.